The summed E-state index contributed by atoms with van der Waals surface area (Å²) in [6.45, 7) is 1.05. The van der Waals surface area contributed by atoms with Gasteiger partial charge in [0, 0.05) is 36.4 Å². The summed E-state index contributed by atoms with van der Waals surface area (Å²) in [7, 11) is 4.18. The van der Waals surface area contributed by atoms with Crippen LogP contribution in [0.15, 0.2) is 48.5 Å². The molecule has 2 N–H and O–H groups in total. The first-order valence-corrected chi connectivity index (χ1v) is 8.31. The third-order valence-electron chi connectivity index (χ3n) is 4.83. The topological polar surface area (TPSA) is 31.1 Å². The van der Waals surface area contributed by atoms with E-state index in [9.17, 15) is 0 Å². The Morgan fingerprint density at radius 3 is 2.83 bits per heavy atom. The average molecular weight is 305 g/mol. The zero-order chi connectivity index (χ0) is 15.8. The molecule has 0 amide bonds. The molecule has 23 heavy (non-hydrogen) atoms. The van der Waals surface area contributed by atoms with Crippen LogP contribution in [0.25, 0.3) is 10.9 Å². The van der Waals surface area contributed by atoms with Crippen molar-refractivity contribution in [1.82, 2.24) is 10.3 Å². The lowest BCUT2D eigenvalue weighted by Crippen LogP contribution is -2.31. The number of anilines is 1. The fourth-order valence-electron chi connectivity index (χ4n) is 3.63. The van der Waals surface area contributed by atoms with Crippen molar-refractivity contribution in [3.63, 3.8) is 0 Å². The summed E-state index contributed by atoms with van der Waals surface area (Å²) in [6, 6.07) is 17.8. The summed E-state index contributed by atoms with van der Waals surface area (Å²) in [6.07, 6.45) is 2.12. The van der Waals surface area contributed by atoms with Gasteiger partial charge in [0.05, 0.1) is 6.04 Å². The van der Waals surface area contributed by atoms with E-state index in [2.05, 4.69) is 77.8 Å². The molecule has 1 aliphatic rings. The van der Waals surface area contributed by atoms with Crippen LogP contribution in [0.4, 0.5) is 5.69 Å². The van der Waals surface area contributed by atoms with Crippen LogP contribution in [0.5, 0.6) is 0 Å². The summed E-state index contributed by atoms with van der Waals surface area (Å²) in [5, 5.41) is 5.07. The number of aromatic amines is 1. The zero-order valence-electron chi connectivity index (χ0n) is 13.8. The van der Waals surface area contributed by atoms with Gasteiger partial charge >= 0.3 is 0 Å². The second-order valence-corrected chi connectivity index (χ2v) is 6.59. The Labute approximate surface area is 137 Å². The summed E-state index contributed by atoms with van der Waals surface area (Å²) in [5.41, 5.74) is 6.75. The molecule has 4 rings (SSSR count). The second-order valence-electron chi connectivity index (χ2n) is 6.59. The van der Waals surface area contributed by atoms with Crippen molar-refractivity contribution >= 4 is 16.6 Å². The van der Waals surface area contributed by atoms with Gasteiger partial charge in [-0.2, -0.15) is 0 Å². The zero-order valence-corrected chi connectivity index (χ0v) is 13.8. The molecule has 2 heterocycles. The number of nitrogens with zero attached hydrogens (tertiary/aromatic N) is 1. The summed E-state index contributed by atoms with van der Waals surface area (Å²) in [4.78, 5) is 5.81. The van der Waals surface area contributed by atoms with Gasteiger partial charge in [-0.15, -0.1) is 0 Å². The van der Waals surface area contributed by atoms with Gasteiger partial charge in [-0.05, 0) is 48.7 Å². The molecule has 0 spiro atoms. The number of nitrogens with one attached hydrogen (secondary N) is 2. The van der Waals surface area contributed by atoms with E-state index in [0.717, 1.165) is 19.4 Å². The van der Waals surface area contributed by atoms with Gasteiger partial charge in [0.1, 0.15) is 0 Å². The minimum Gasteiger partial charge on any atom is -0.378 e. The first kappa shape index (κ1) is 14.3. The van der Waals surface area contributed by atoms with Crippen LogP contribution in [0, 0.1) is 0 Å². The van der Waals surface area contributed by atoms with Gasteiger partial charge in [0.15, 0.2) is 0 Å². The lowest BCUT2D eigenvalue weighted by molar-refractivity contribution is 0.495. The number of fused-ring (bicyclic) bond motifs is 3. The maximum atomic E-state index is 3.69. The molecule has 118 valence electrons. The predicted molar refractivity (Wildman–Crippen MR) is 97.2 cm³/mol. The highest BCUT2D eigenvalue weighted by Gasteiger charge is 2.23. The summed E-state index contributed by atoms with van der Waals surface area (Å²) >= 11 is 0. The third-order valence-corrected chi connectivity index (χ3v) is 4.83. The molecule has 0 bridgehead atoms. The molecule has 1 unspecified atom stereocenters. The van der Waals surface area contributed by atoms with Gasteiger partial charge < -0.3 is 15.2 Å². The van der Waals surface area contributed by atoms with Gasteiger partial charge in [0.25, 0.3) is 0 Å². The van der Waals surface area contributed by atoms with Crippen LogP contribution in [0.3, 0.4) is 0 Å². The molecule has 0 radical (unpaired) electrons. The minimum absolute atomic E-state index is 0.364. The van der Waals surface area contributed by atoms with E-state index in [-0.39, 0.29) is 0 Å². The molecule has 3 heteroatoms. The minimum atomic E-state index is 0.364. The number of aromatic nitrogens is 1. The fourth-order valence-corrected chi connectivity index (χ4v) is 3.63. The molecular weight excluding hydrogens is 282 g/mol. The third kappa shape index (κ3) is 2.62. The van der Waals surface area contributed by atoms with Gasteiger partial charge in [-0.1, -0.05) is 30.3 Å². The highest BCUT2D eigenvalue weighted by atomic mass is 15.1. The number of H-pyrrole nitrogens is 1. The molecule has 1 atom stereocenters. The normalized spacial score (nSPS) is 17.2. The van der Waals surface area contributed by atoms with E-state index in [0.29, 0.717) is 6.04 Å². The van der Waals surface area contributed by atoms with Crippen molar-refractivity contribution in [2.75, 3.05) is 25.5 Å². The van der Waals surface area contributed by atoms with Crippen LogP contribution < -0.4 is 10.2 Å². The monoisotopic (exact) mass is 305 g/mol. The second kappa shape index (κ2) is 5.74. The van der Waals surface area contributed by atoms with E-state index in [1.54, 1.807) is 0 Å². The summed E-state index contributed by atoms with van der Waals surface area (Å²) in [5.74, 6) is 0. The average Bonchev–Trinajstić information content (AvgIpc) is 2.95. The Morgan fingerprint density at radius 2 is 1.96 bits per heavy atom. The number of para-hydroxylation sites is 1. The largest absolute Gasteiger partial charge is 0.378 e. The van der Waals surface area contributed by atoms with Crippen molar-refractivity contribution < 1.29 is 0 Å². The molecule has 2 aromatic carbocycles. The van der Waals surface area contributed by atoms with Crippen LogP contribution >= 0.6 is 0 Å². The smallest absolute Gasteiger partial charge is 0.0517 e. The lowest BCUT2D eigenvalue weighted by atomic mass is 9.94. The molecule has 1 aliphatic heterocycles. The molecule has 3 nitrogen and oxygen atoms in total. The number of hydrogen-bond acceptors (Lipinski definition) is 2. The van der Waals surface area contributed by atoms with Crippen LogP contribution in [0.2, 0.25) is 0 Å². The van der Waals surface area contributed by atoms with Crippen LogP contribution in [-0.4, -0.2) is 25.6 Å². The highest BCUT2D eigenvalue weighted by molar-refractivity contribution is 5.85. The number of benzene rings is 2. The van der Waals surface area contributed by atoms with Crippen molar-refractivity contribution in [2.45, 2.75) is 18.9 Å². The SMILES string of the molecule is CN(C)c1cccc(CC2NCCc3c2[nH]c2ccccc32)c1. The lowest BCUT2D eigenvalue weighted by Gasteiger charge is -2.25. The van der Waals surface area contributed by atoms with E-state index in [1.807, 2.05) is 0 Å². The van der Waals surface area contributed by atoms with Gasteiger partial charge in [-0.25, -0.2) is 0 Å². The Bertz CT molecular complexity index is 832. The molecular formula is C20H23N3. The Morgan fingerprint density at radius 1 is 1.09 bits per heavy atom. The van der Waals surface area contributed by atoms with E-state index in [4.69, 9.17) is 0 Å². The number of rotatable bonds is 3. The van der Waals surface area contributed by atoms with Crippen molar-refractivity contribution in [3.05, 3.63) is 65.4 Å². The Balaban J connectivity index is 1.68. The predicted octanol–water partition coefficient (Wildman–Crippen LogP) is 3.66. The van der Waals surface area contributed by atoms with E-state index < -0.39 is 0 Å². The molecule has 0 saturated heterocycles. The van der Waals surface area contributed by atoms with Gasteiger partial charge in [-0.3, -0.25) is 0 Å². The highest BCUT2D eigenvalue weighted by Crippen LogP contribution is 2.32. The fraction of sp³-hybridized carbons (Fsp3) is 0.300. The standard InChI is InChI=1S/C20H23N3/c1-23(2)15-7-5-6-14(12-15)13-19-20-17(10-11-21-19)16-8-3-4-9-18(16)22-20/h3-9,12,19,21-22H,10-11,13H2,1-2H3. The number of hydrogen-bond donors (Lipinski definition) is 2. The molecule has 3 aromatic rings. The first-order chi connectivity index (χ1) is 11.2. The van der Waals surface area contributed by atoms with Gasteiger partial charge in [0.2, 0.25) is 0 Å². The maximum absolute atomic E-state index is 3.69. The molecule has 1 aromatic heterocycles. The van der Waals surface area contributed by atoms with Crippen LogP contribution in [-0.2, 0) is 12.8 Å². The first-order valence-electron chi connectivity index (χ1n) is 8.31. The van der Waals surface area contributed by atoms with E-state index >= 15 is 0 Å². The quantitative estimate of drug-likeness (QED) is 0.773. The Hall–Kier alpha value is -2.26. The Kier molecular flexibility index (Phi) is 3.58. The van der Waals surface area contributed by atoms with Crippen molar-refractivity contribution in [1.29, 1.82) is 0 Å². The molecule has 0 saturated carbocycles. The van der Waals surface area contributed by atoms with Crippen LogP contribution in [0.1, 0.15) is 22.9 Å². The van der Waals surface area contributed by atoms with Crippen molar-refractivity contribution in [3.8, 4) is 0 Å². The van der Waals surface area contributed by atoms with E-state index in [1.165, 1.54) is 33.4 Å². The van der Waals surface area contributed by atoms with Crippen molar-refractivity contribution in [2.24, 2.45) is 0 Å². The molecule has 0 fully saturated rings. The molecule has 0 aliphatic carbocycles. The maximum Gasteiger partial charge on any atom is 0.0517 e. The summed E-state index contributed by atoms with van der Waals surface area (Å²) < 4.78 is 0.